The highest BCUT2D eigenvalue weighted by Gasteiger charge is 2.48. The summed E-state index contributed by atoms with van der Waals surface area (Å²) in [4.78, 5) is 26.5. The van der Waals surface area contributed by atoms with Gasteiger partial charge in [-0.15, -0.1) is 0 Å². The van der Waals surface area contributed by atoms with Gasteiger partial charge in [-0.25, -0.2) is 4.90 Å². The van der Waals surface area contributed by atoms with Crippen molar-refractivity contribution in [1.82, 2.24) is 0 Å². The Balaban J connectivity index is 2.02. The predicted octanol–water partition coefficient (Wildman–Crippen LogP) is 3.49. The van der Waals surface area contributed by atoms with Crippen LogP contribution in [0.25, 0.3) is 0 Å². The quantitative estimate of drug-likeness (QED) is 0.586. The van der Waals surface area contributed by atoms with Crippen LogP contribution in [-0.4, -0.2) is 11.8 Å². The Hall–Kier alpha value is -1.61. The average Bonchev–Trinajstić information content (AvgIpc) is 2.65. The maximum Gasteiger partial charge on any atom is 0.238 e. The molecule has 20 heavy (non-hydrogen) atoms. The highest BCUT2D eigenvalue weighted by atomic mass is 35.5. The number of fused-ring (bicyclic) bond motifs is 1. The molecule has 1 aliphatic carbocycles. The first-order valence-electron chi connectivity index (χ1n) is 6.79. The molecule has 1 fully saturated rings. The molecule has 0 N–H and O–H groups in total. The Morgan fingerprint density at radius 1 is 1.15 bits per heavy atom. The number of carbonyl (C=O) groups is 2. The standard InChI is InChI=1S/C16H16ClNO2/c1-9-6-7-11-12(8-9)16(20)18(15(11)19)14-5-3-4-13(17)10(14)2/h3-6,11-12H,7-8H2,1-2H3/t11-,12+/m1/s1. The first-order valence-corrected chi connectivity index (χ1v) is 7.17. The van der Waals surface area contributed by atoms with Gasteiger partial charge in [-0.1, -0.05) is 29.3 Å². The molecule has 104 valence electrons. The number of amides is 2. The van der Waals surface area contributed by atoms with Crippen LogP contribution >= 0.6 is 11.6 Å². The largest absolute Gasteiger partial charge is 0.274 e. The number of hydrogen-bond acceptors (Lipinski definition) is 2. The van der Waals surface area contributed by atoms with Gasteiger partial charge >= 0.3 is 0 Å². The molecule has 1 saturated heterocycles. The minimum atomic E-state index is -0.204. The summed E-state index contributed by atoms with van der Waals surface area (Å²) in [5.74, 6) is -0.581. The van der Waals surface area contributed by atoms with E-state index in [9.17, 15) is 9.59 Å². The van der Waals surface area contributed by atoms with E-state index in [-0.39, 0.29) is 23.7 Å². The fraction of sp³-hybridized carbons (Fsp3) is 0.375. The molecule has 3 rings (SSSR count). The summed E-state index contributed by atoms with van der Waals surface area (Å²) in [6.45, 7) is 3.85. The molecule has 3 nitrogen and oxygen atoms in total. The minimum Gasteiger partial charge on any atom is -0.274 e. The third kappa shape index (κ3) is 1.88. The van der Waals surface area contributed by atoms with Crippen molar-refractivity contribution in [2.45, 2.75) is 26.7 Å². The summed E-state index contributed by atoms with van der Waals surface area (Å²) < 4.78 is 0. The summed E-state index contributed by atoms with van der Waals surface area (Å²) in [5.41, 5.74) is 2.59. The van der Waals surface area contributed by atoms with Gasteiger partial charge in [-0.3, -0.25) is 9.59 Å². The number of halogens is 1. The van der Waals surface area contributed by atoms with E-state index in [1.807, 2.05) is 13.8 Å². The average molecular weight is 290 g/mol. The van der Waals surface area contributed by atoms with Crippen LogP contribution in [0.3, 0.4) is 0 Å². The Bertz CT molecular complexity index is 635. The van der Waals surface area contributed by atoms with Crippen molar-refractivity contribution in [3.8, 4) is 0 Å². The van der Waals surface area contributed by atoms with E-state index in [4.69, 9.17) is 11.6 Å². The predicted molar refractivity (Wildman–Crippen MR) is 78.7 cm³/mol. The van der Waals surface area contributed by atoms with E-state index in [0.29, 0.717) is 23.6 Å². The summed E-state index contributed by atoms with van der Waals surface area (Å²) in [6.07, 6.45) is 3.42. The lowest BCUT2D eigenvalue weighted by atomic mass is 9.82. The highest BCUT2D eigenvalue weighted by molar-refractivity contribution is 6.32. The van der Waals surface area contributed by atoms with Crippen molar-refractivity contribution in [2.75, 3.05) is 4.90 Å². The van der Waals surface area contributed by atoms with Crippen molar-refractivity contribution in [3.63, 3.8) is 0 Å². The number of imide groups is 1. The van der Waals surface area contributed by atoms with E-state index in [1.165, 1.54) is 10.5 Å². The molecular weight excluding hydrogens is 274 g/mol. The molecule has 2 aliphatic rings. The Kier molecular flexibility index (Phi) is 3.17. The second-order valence-corrected chi connectivity index (χ2v) is 6.01. The molecule has 2 amide bonds. The molecule has 4 heteroatoms. The van der Waals surface area contributed by atoms with Crippen molar-refractivity contribution in [3.05, 3.63) is 40.4 Å². The second-order valence-electron chi connectivity index (χ2n) is 5.60. The Morgan fingerprint density at radius 2 is 1.85 bits per heavy atom. The van der Waals surface area contributed by atoms with Crippen molar-refractivity contribution >= 4 is 29.1 Å². The van der Waals surface area contributed by atoms with Gasteiger partial charge in [0.2, 0.25) is 11.8 Å². The smallest absolute Gasteiger partial charge is 0.238 e. The molecule has 0 spiro atoms. The summed E-state index contributed by atoms with van der Waals surface area (Å²) in [6, 6.07) is 5.33. The molecule has 1 heterocycles. The zero-order valence-electron chi connectivity index (χ0n) is 11.5. The molecule has 0 bridgehead atoms. The molecule has 1 aromatic carbocycles. The number of nitrogens with zero attached hydrogens (tertiary/aromatic N) is 1. The maximum absolute atomic E-state index is 12.6. The maximum atomic E-state index is 12.6. The van der Waals surface area contributed by atoms with E-state index in [2.05, 4.69) is 6.08 Å². The number of carbonyl (C=O) groups excluding carboxylic acids is 2. The number of benzene rings is 1. The minimum absolute atomic E-state index is 0.0854. The van der Waals surface area contributed by atoms with Gasteiger partial charge in [-0.2, -0.15) is 0 Å². The van der Waals surface area contributed by atoms with Crippen LogP contribution in [0.5, 0.6) is 0 Å². The van der Waals surface area contributed by atoms with Crippen LogP contribution in [0.15, 0.2) is 29.8 Å². The summed E-state index contributed by atoms with van der Waals surface area (Å²) in [5, 5.41) is 0.576. The van der Waals surface area contributed by atoms with Crippen molar-refractivity contribution in [1.29, 1.82) is 0 Å². The fourth-order valence-corrected chi connectivity index (χ4v) is 3.28. The number of hydrogen-bond donors (Lipinski definition) is 0. The zero-order chi connectivity index (χ0) is 14.4. The van der Waals surface area contributed by atoms with Gasteiger partial charge in [0.05, 0.1) is 17.5 Å². The number of anilines is 1. The van der Waals surface area contributed by atoms with Crippen LogP contribution in [0.2, 0.25) is 5.02 Å². The van der Waals surface area contributed by atoms with Crippen LogP contribution in [0.1, 0.15) is 25.3 Å². The molecule has 0 aromatic heterocycles. The lowest BCUT2D eigenvalue weighted by Crippen LogP contribution is -2.31. The first-order chi connectivity index (χ1) is 9.50. The monoisotopic (exact) mass is 289 g/mol. The summed E-state index contributed by atoms with van der Waals surface area (Å²) in [7, 11) is 0. The topological polar surface area (TPSA) is 37.4 Å². The Labute approximate surface area is 123 Å². The second kappa shape index (κ2) is 4.74. The van der Waals surface area contributed by atoms with Gasteiger partial charge in [0.1, 0.15) is 0 Å². The van der Waals surface area contributed by atoms with Crippen LogP contribution < -0.4 is 4.90 Å². The zero-order valence-corrected chi connectivity index (χ0v) is 12.3. The van der Waals surface area contributed by atoms with Gasteiger partial charge in [-0.05, 0) is 44.4 Å². The van der Waals surface area contributed by atoms with E-state index >= 15 is 0 Å². The van der Waals surface area contributed by atoms with Gasteiger partial charge in [0, 0.05) is 5.02 Å². The number of rotatable bonds is 1. The first kappa shape index (κ1) is 13.4. The van der Waals surface area contributed by atoms with E-state index < -0.39 is 0 Å². The summed E-state index contributed by atoms with van der Waals surface area (Å²) >= 11 is 6.10. The van der Waals surface area contributed by atoms with E-state index in [0.717, 1.165) is 5.56 Å². The Morgan fingerprint density at radius 3 is 2.60 bits per heavy atom. The molecule has 2 atom stereocenters. The van der Waals surface area contributed by atoms with Gasteiger partial charge < -0.3 is 0 Å². The lowest BCUT2D eigenvalue weighted by Gasteiger charge is -2.19. The van der Waals surface area contributed by atoms with Crippen LogP contribution in [0.4, 0.5) is 5.69 Å². The van der Waals surface area contributed by atoms with Crippen LogP contribution in [-0.2, 0) is 9.59 Å². The van der Waals surface area contributed by atoms with Gasteiger partial charge in [0.25, 0.3) is 0 Å². The molecule has 0 unspecified atom stereocenters. The molecule has 0 radical (unpaired) electrons. The van der Waals surface area contributed by atoms with Crippen molar-refractivity contribution < 1.29 is 9.59 Å². The number of allylic oxidation sites excluding steroid dienone is 2. The SMILES string of the molecule is CC1=CC[C@H]2C(=O)N(c3cccc(Cl)c3C)C(=O)[C@H]2C1. The van der Waals surface area contributed by atoms with Gasteiger partial charge in [0.15, 0.2) is 0 Å². The normalized spacial score (nSPS) is 25.8. The molecule has 1 aromatic rings. The molecule has 0 saturated carbocycles. The van der Waals surface area contributed by atoms with Crippen LogP contribution in [0, 0.1) is 18.8 Å². The molecule has 1 aliphatic heterocycles. The lowest BCUT2D eigenvalue weighted by molar-refractivity contribution is -0.122. The third-order valence-electron chi connectivity index (χ3n) is 4.30. The molecular formula is C16H16ClNO2. The van der Waals surface area contributed by atoms with E-state index in [1.54, 1.807) is 18.2 Å². The fourth-order valence-electron chi connectivity index (χ4n) is 3.11. The van der Waals surface area contributed by atoms with Crippen molar-refractivity contribution in [2.24, 2.45) is 11.8 Å². The third-order valence-corrected chi connectivity index (χ3v) is 4.71. The highest BCUT2D eigenvalue weighted by Crippen LogP contribution is 2.41.